The topological polar surface area (TPSA) is 75.7 Å². The minimum Gasteiger partial charge on any atom is -0.371 e. The average molecular weight is 456 g/mol. The molecule has 0 aliphatic heterocycles. The first-order chi connectivity index (χ1) is 13.6. The van der Waals surface area contributed by atoms with Crippen LogP contribution < -0.4 is 9.50 Å². The number of halogens is 6. The van der Waals surface area contributed by atoms with Gasteiger partial charge in [-0.25, -0.2) is 0 Å². The van der Waals surface area contributed by atoms with E-state index in [9.17, 15) is 39.6 Å². The maximum atomic E-state index is 12.9. The molecule has 30 heavy (non-hydrogen) atoms. The van der Waals surface area contributed by atoms with Gasteiger partial charge in [-0.2, -0.15) is 39.1 Å². The largest absolute Gasteiger partial charge is 0.416 e. The minimum atomic E-state index is -5.06. The molecular formula is C17H14F6N2O4S. The lowest BCUT2D eigenvalue weighted by Crippen LogP contribution is -2.27. The molecule has 2 rings (SSSR count). The highest BCUT2D eigenvalue weighted by Gasteiger charge is 2.37. The third kappa shape index (κ3) is 5.86. The molecule has 0 fully saturated rings. The number of nitrogens with one attached hydrogen (secondary N) is 1. The van der Waals surface area contributed by atoms with Crippen LogP contribution in [0.3, 0.4) is 0 Å². The Morgan fingerprint density at radius 1 is 0.900 bits per heavy atom. The molecule has 0 aliphatic carbocycles. The minimum absolute atomic E-state index is 0.0625. The number of nitrogens with zero attached hydrogens (tertiary/aromatic N) is 1. The van der Waals surface area contributed by atoms with Crippen LogP contribution in [0.5, 0.6) is 5.75 Å². The lowest BCUT2D eigenvalue weighted by atomic mass is 10.1. The summed E-state index contributed by atoms with van der Waals surface area (Å²) >= 11 is 0. The second-order valence-electron chi connectivity index (χ2n) is 6.10. The van der Waals surface area contributed by atoms with Gasteiger partial charge in [-0.15, -0.1) is 0 Å². The Labute approximate surface area is 167 Å². The normalized spacial score (nSPS) is 12.7. The van der Waals surface area contributed by atoms with Crippen molar-refractivity contribution in [2.45, 2.75) is 12.4 Å². The van der Waals surface area contributed by atoms with Gasteiger partial charge >= 0.3 is 22.7 Å². The number of hydrogen-bond acceptors (Lipinski definition) is 4. The van der Waals surface area contributed by atoms with Crippen molar-refractivity contribution in [3.8, 4) is 5.75 Å². The van der Waals surface area contributed by atoms with E-state index in [0.29, 0.717) is 12.1 Å². The highest BCUT2D eigenvalue weighted by atomic mass is 32.2. The summed E-state index contributed by atoms with van der Waals surface area (Å²) in [6, 6.07) is 5.06. The molecule has 0 radical (unpaired) electrons. The molecule has 0 aromatic heterocycles. The van der Waals surface area contributed by atoms with E-state index in [0.717, 1.165) is 28.6 Å². The maximum absolute atomic E-state index is 12.9. The number of carbonyl (C=O) groups is 1. The molecule has 1 amide bonds. The van der Waals surface area contributed by atoms with Gasteiger partial charge in [0.05, 0.1) is 11.1 Å². The summed E-state index contributed by atoms with van der Waals surface area (Å²) < 4.78 is 106. The van der Waals surface area contributed by atoms with Gasteiger partial charge < -0.3 is 9.50 Å². The first-order valence-electron chi connectivity index (χ1n) is 7.92. The summed E-state index contributed by atoms with van der Waals surface area (Å²) in [4.78, 5) is 12.2. The van der Waals surface area contributed by atoms with Crippen molar-refractivity contribution in [3.63, 3.8) is 0 Å². The number of benzene rings is 2. The highest BCUT2D eigenvalue weighted by molar-refractivity contribution is 7.84. The standard InChI is InChI=1S/C17H14F6N2O4S/c1-25(2)30(27,28)29-14-5-3-10(4-6-14)15(26)24-13-8-11(16(18,19)20)7-12(9-13)17(21,22)23/h3-9H,1-2H3,(H,24,26). The summed E-state index contributed by atoms with van der Waals surface area (Å²) in [5, 5.41) is 1.96. The second kappa shape index (κ2) is 8.14. The van der Waals surface area contributed by atoms with Crippen LogP contribution in [0.2, 0.25) is 0 Å². The molecule has 0 heterocycles. The van der Waals surface area contributed by atoms with Gasteiger partial charge in [0.25, 0.3) is 5.91 Å². The van der Waals surface area contributed by atoms with Crippen LogP contribution in [-0.4, -0.2) is 32.7 Å². The smallest absolute Gasteiger partial charge is 0.371 e. The van der Waals surface area contributed by atoms with E-state index >= 15 is 0 Å². The number of amides is 1. The van der Waals surface area contributed by atoms with Gasteiger partial charge in [0.15, 0.2) is 0 Å². The highest BCUT2D eigenvalue weighted by Crippen LogP contribution is 2.37. The molecule has 0 atom stereocenters. The van der Waals surface area contributed by atoms with Crippen molar-refractivity contribution in [1.29, 1.82) is 0 Å². The van der Waals surface area contributed by atoms with Gasteiger partial charge in [-0.05, 0) is 42.5 Å². The summed E-state index contributed by atoms with van der Waals surface area (Å²) in [6.45, 7) is 0. The molecule has 1 N–H and O–H groups in total. The van der Waals surface area contributed by atoms with Gasteiger partial charge in [0, 0.05) is 25.3 Å². The third-order valence-corrected chi connectivity index (χ3v) is 4.91. The van der Waals surface area contributed by atoms with Crippen LogP contribution >= 0.6 is 0 Å². The molecule has 0 spiro atoms. The molecule has 164 valence electrons. The SMILES string of the molecule is CN(C)S(=O)(=O)Oc1ccc(C(=O)Nc2cc(C(F)(F)F)cc(C(F)(F)F)c2)cc1. The Hall–Kier alpha value is -2.80. The van der Waals surface area contributed by atoms with Crippen molar-refractivity contribution >= 4 is 21.9 Å². The molecule has 0 saturated heterocycles. The Morgan fingerprint density at radius 3 is 1.77 bits per heavy atom. The van der Waals surface area contributed by atoms with E-state index in [1.807, 2.05) is 5.32 Å². The average Bonchev–Trinajstić information content (AvgIpc) is 2.60. The fraction of sp³-hybridized carbons (Fsp3) is 0.235. The fourth-order valence-corrected chi connectivity index (χ4v) is 2.59. The van der Waals surface area contributed by atoms with Crippen molar-refractivity contribution in [2.75, 3.05) is 19.4 Å². The Bertz CT molecular complexity index is 999. The fourth-order valence-electron chi connectivity index (χ4n) is 2.09. The molecule has 2 aromatic rings. The number of rotatable bonds is 5. The lowest BCUT2D eigenvalue weighted by molar-refractivity contribution is -0.143. The Kier molecular flexibility index (Phi) is 6.37. The molecule has 0 aliphatic rings. The molecule has 0 unspecified atom stereocenters. The summed E-state index contributed by atoms with van der Waals surface area (Å²) in [5.41, 5.74) is -4.02. The second-order valence-corrected chi connectivity index (χ2v) is 7.85. The van der Waals surface area contributed by atoms with E-state index < -0.39 is 45.4 Å². The molecule has 0 saturated carbocycles. The zero-order valence-electron chi connectivity index (χ0n) is 15.3. The van der Waals surface area contributed by atoms with Crippen molar-refractivity contribution < 1.29 is 43.7 Å². The van der Waals surface area contributed by atoms with Crippen molar-refractivity contribution in [3.05, 3.63) is 59.2 Å². The molecule has 2 aromatic carbocycles. The molecular weight excluding hydrogens is 442 g/mol. The lowest BCUT2D eigenvalue weighted by Gasteiger charge is -2.15. The zero-order valence-corrected chi connectivity index (χ0v) is 16.1. The van der Waals surface area contributed by atoms with Crippen molar-refractivity contribution in [1.82, 2.24) is 4.31 Å². The van der Waals surface area contributed by atoms with Crippen LogP contribution in [0.15, 0.2) is 42.5 Å². The number of alkyl halides is 6. The first kappa shape index (κ1) is 23.5. The van der Waals surface area contributed by atoms with E-state index in [2.05, 4.69) is 0 Å². The zero-order chi connectivity index (χ0) is 22.9. The number of carbonyl (C=O) groups excluding carboxylic acids is 1. The van der Waals surface area contributed by atoms with Crippen LogP contribution in [0, 0.1) is 0 Å². The van der Waals surface area contributed by atoms with Gasteiger partial charge in [0.2, 0.25) is 0 Å². The van der Waals surface area contributed by atoms with Gasteiger partial charge in [-0.1, -0.05) is 0 Å². The Balaban J connectivity index is 2.27. The number of hydrogen-bond donors (Lipinski definition) is 1. The summed E-state index contributed by atoms with van der Waals surface area (Å²) in [7, 11) is -1.60. The van der Waals surface area contributed by atoms with E-state index in [4.69, 9.17) is 4.18 Å². The van der Waals surface area contributed by atoms with E-state index in [-0.39, 0.29) is 17.4 Å². The van der Waals surface area contributed by atoms with E-state index in [1.165, 1.54) is 14.1 Å². The maximum Gasteiger partial charge on any atom is 0.416 e. The van der Waals surface area contributed by atoms with Crippen LogP contribution in [0.25, 0.3) is 0 Å². The number of anilines is 1. The van der Waals surface area contributed by atoms with Crippen molar-refractivity contribution in [2.24, 2.45) is 0 Å². The quantitative estimate of drug-likeness (QED) is 0.686. The van der Waals surface area contributed by atoms with Gasteiger partial charge in [0.1, 0.15) is 5.75 Å². The molecule has 13 heteroatoms. The predicted octanol–water partition coefficient (Wildman–Crippen LogP) is 4.16. The van der Waals surface area contributed by atoms with Crippen LogP contribution in [0.1, 0.15) is 21.5 Å². The first-order valence-corrected chi connectivity index (χ1v) is 9.29. The molecule has 0 bridgehead atoms. The van der Waals surface area contributed by atoms with Crippen LogP contribution in [-0.2, 0) is 22.7 Å². The monoisotopic (exact) mass is 456 g/mol. The van der Waals surface area contributed by atoms with Gasteiger partial charge in [-0.3, -0.25) is 4.79 Å². The molecule has 6 nitrogen and oxygen atoms in total. The summed E-state index contributed by atoms with van der Waals surface area (Å²) in [5.74, 6) is -1.16. The van der Waals surface area contributed by atoms with Crippen LogP contribution in [0.4, 0.5) is 32.0 Å². The predicted molar refractivity (Wildman–Crippen MR) is 94.1 cm³/mol. The third-order valence-electron chi connectivity index (χ3n) is 3.61. The van der Waals surface area contributed by atoms with E-state index in [1.54, 1.807) is 0 Å². The summed E-state index contributed by atoms with van der Waals surface area (Å²) in [6.07, 6.45) is -10.1. The Morgan fingerprint density at radius 2 is 1.37 bits per heavy atom.